The fourth-order valence-electron chi connectivity index (χ4n) is 0.986. The number of aliphatic carboxylic acids is 1. The molecule has 7 nitrogen and oxygen atoms in total. The summed E-state index contributed by atoms with van der Waals surface area (Å²) in [6.45, 7) is 0.517. The fourth-order valence-corrected chi connectivity index (χ4v) is 1.57. The first kappa shape index (κ1) is 11.4. The SMILES string of the molecule is [N-]=[N+]=NCCNC(C(=O)O)c1cscn1. The predicted molar refractivity (Wildman–Crippen MR) is 54.5 cm³/mol. The lowest BCUT2D eigenvalue weighted by molar-refractivity contribution is -0.139. The molecule has 0 bridgehead atoms. The Hall–Kier alpha value is -1.63. The van der Waals surface area contributed by atoms with Crippen LogP contribution in [0.15, 0.2) is 16.0 Å². The summed E-state index contributed by atoms with van der Waals surface area (Å²) in [4.78, 5) is 17.3. The van der Waals surface area contributed by atoms with Crippen LogP contribution in [0, 0.1) is 0 Å². The molecule has 15 heavy (non-hydrogen) atoms. The number of nitrogens with zero attached hydrogens (tertiary/aromatic N) is 4. The van der Waals surface area contributed by atoms with Crippen LogP contribution in [0.5, 0.6) is 0 Å². The van der Waals surface area contributed by atoms with E-state index >= 15 is 0 Å². The van der Waals surface area contributed by atoms with E-state index in [1.54, 1.807) is 10.9 Å². The molecule has 80 valence electrons. The van der Waals surface area contributed by atoms with E-state index in [-0.39, 0.29) is 6.54 Å². The topological polar surface area (TPSA) is 111 Å². The van der Waals surface area contributed by atoms with Crippen LogP contribution in [0.4, 0.5) is 0 Å². The van der Waals surface area contributed by atoms with Crippen LogP contribution in [0.1, 0.15) is 11.7 Å². The number of rotatable bonds is 6. The lowest BCUT2D eigenvalue weighted by Gasteiger charge is -2.10. The second-order valence-corrected chi connectivity index (χ2v) is 3.31. The maximum absolute atomic E-state index is 10.9. The fraction of sp³-hybridized carbons (Fsp3) is 0.429. The molecule has 0 aliphatic carbocycles. The Morgan fingerprint density at radius 3 is 3.20 bits per heavy atom. The normalized spacial score (nSPS) is 11.7. The molecule has 0 saturated heterocycles. The zero-order chi connectivity index (χ0) is 11.1. The van der Waals surface area contributed by atoms with Gasteiger partial charge in [0.15, 0.2) is 0 Å². The Labute approximate surface area is 89.4 Å². The van der Waals surface area contributed by atoms with Crippen molar-refractivity contribution < 1.29 is 9.90 Å². The number of hydrogen-bond acceptors (Lipinski definition) is 5. The van der Waals surface area contributed by atoms with Crippen LogP contribution in [0.2, 0.25) is 0 Å². The van der Waals surface area contributed by atoms with E-state index in [1.165, 1.54) is 11.3 Å². The molecule has 1 aromatic heterocycles. The summed E-state index contributed by atoms with van der Waals surface area (Å²) in [6.07, 6.45) is 0. The van der Waals surface area contributed by atoms with E-state index in [9.17, 15) is 4.79 Å². The Morgan fingerprint density at radius 1 is 1.87 bits per heavy atom. The van der Waals surface area contributed by atoms with Crippen LogP contribution < -0.4 is 5.32 Å². The highest BCUT2D eigenvalue weighted by Gasteiger charge is 2.20. The lowest BCUT2D eigenvalue weighted by atomic mass is 10.2. The largest absolute Gasteiger partial charge is 0.480 e. The standard InChI is InChI=1S/C7H9N5O2S/c8-12-11-2-1-9-6(7(13)14)5-3-15-4-10-5/h3-4,6,9H,1-2H2,(H,13,14). The van der Waals surface area contributed by atoms with E-state index < -0.39 is 12.0 Å². The van der Waals surface area contributed by atoms with E-state index in [0.717, 1.165) is 0 Å². The van der Waals surface area contributed by atoms with Crippen molar-refractivity contribution in [1.82, 2.24) is 10.3 Å². The number of hydrogen-bond donors (Lipinski definition) is 2. The second-order valence-electron chi connectivity index (χ2n) is 2.59. The third-order valence-corrected chi connectivity index (χ3v) is 2.22. The highest BCUT2D eigenvalue weighted by Crippen LogP contribution is 2.12. The van der Waals surface area contributed by atoms with Crippen molar-refractivity contribution in [3.8, 4) is 0 Å². The third kappa shape index (κ3) is 3.55. The molecule has 0 spiro atoms. The summed E-state index contributed by atoms with van der Waals surface area (Å²) in [5.41, 5.74) is 10.1. The minimum absolute atomic E-state index is 0.213. The van der Waals surface area contributed by atoms with Crippen molar-refractivity contribution in [2.45, 2.75) is 6.04 Å². The van der Waals surface area contributed by atoms with Gasteiger partial charge in [0.25, 0.3) is 0 Å². The summed E-state index contributed by atoms with van der Waals surface area (Å²) in [6, 6.07) is -0.842. The quantitative estimate of drug-likeness (QED) is 0.329. The number of carbonyl (C=O) groups is 1. The molecule has 0 saturated carbocycles. The molecule has 0 fully saturated rings. The van der Waals surface area contributed by atoms with Crippen LogP contribution in [-0.2, 0) is 4.79 Å². The van der Waals surface area contributed by atoms with Gasteiger partial charge in [-0.25, -0.2) is 4.98 Å². The lowest BCUT2D eigenvalue weighted by Crippen LogP contribution is -2.30. The Bertz CT molecular complexity index is 359. The van der Waals surface area contributed by atoms with Crippen molar-refractivity contribution in [3.05, 3.63) is 27.0 Å². The average Bonchev–Trinajstić information content (AvgIpc) is 2.70. The minimum atomic E-state index is -0.998. The van der Waals surface area contributed by atoms with Gasteiger partial charge in [-0.05, 0) is 5.53 Å². The van der Waals surface area contributed by atoms with Crippen LogP contribution >= 0.6 is 11.3 Å². The summed E-state index contributed by atoms with van der Waals surface area (Å²) in [5, 5.41) is 16.6. The molecule has 1 atom stereocenters. The minimum Gasteiger partial charge on any atom is -0.480 e. The molecule has 1 aromatic rings. The number of nitrogens with one attached hydrogen (secondary N) is 1. The number of carboxylic acids is 1. The van der Waals surface area contributed by atoms with Crippen LogP contribution in [0.25, 0.3) is 10.4 Å². The molecular weight excluding hydrogens is 218 g/mol. The average molecular weight is 227 g/mol. The molecule has 1 unspecified atom stereocenters. The first-order valence-electron chi connectivity index (χ1n) is 4.11. The van der Waals surface area contributed by atoms with Gasteiger partial charge >= 0.3 is 5.97 Å². The van der Waals surface area contributed by atoms with Crippen LogP contribution in [0.3, 0.4) is 0 Å². The number of aromatic nitrogens is 1. The maximum Gasteiger partial charge on any atom is 0.327 e. The Kier molecular flexibility index (Phi) is 4.55. The van der Waals surface area contributed by atoms with Gasteiger partial charge in [0.05, 0.1) is 11.2 Å². The second kappa shape index (κ2) is 5.97. The smallest absolute Gasteiger partial charge is 0.327 e. The molecule has 1 rings (SSSR count). The van der Waals surface area contributed by atoms with Crippen molar-refractivity contribution in [2.24, 2.45) is 5.11 Å². The summed E-state index contributed by atoms with van der Waals surface area (Å²) >= 11 is 1.33. The number of carboxylic acid groups (broad SMARTS) is 1. The van der Waals surface area contributed by atoms with Crippen LogP contribution in [-0.4, -0.2) is 29.1 Å². The van der Waals surface area contributed by atoms with E-state index in [2.05, 4.69) is 20.3 Å². The molecule has 2 N–H and O–H groups in total. The highest BCUT2D eigenvalue weighted by atomic mass is 32.1. The number of thiazole rings is 1. The van der Waals surface area contributed by atoms with Crippen molar-refractivity contribution in [1.29, 1.82) is 0 Å². The highest BCUT2D eigenvalue weighted by molar-refractivity contribution is 7.07. The molecule has 0 aliphatic rings. The van der Waals surface area contributed by atoms with Gasteiger partial charge < -0.3 is 5.11 Å². The predicted octanol–water partition coefficient (Wildman–Crippen LogP) is 1.17. The Morgan fingerprint density at radius 2 is 2.67 bits per heavy atom. The van der Waals surface area contributed by atoms with E-state index in [1.807, 2.05) is 0 Å². The van der Waals surface area contributed by atoms with Gasteiger partial charge in [-0.3, -0.25) is 10.1 Å². The number of azide groups is 1. The molecule has 8 heteroatoms. The zero-order valence-electron chi connectivity index (χ0n) is 7.70. The van der Waals surface area contributed by atoms with Crippen molar-refractivity contribution in [2.75, 3.05) is 13.1 Å². The first-order valence-corrected chi connectivity index (χ1v) is 5.05. The van der Waals surface area contributed by atoms with E-state index in [4.69, 9.17) is 10.6 Å². The van der Waals surface area contributed by atoms with Crippen molar-refractivity contribution in [3.63, 3.8) is 0 Å². The molecule has 0 aliphatic heterocycles. The summed E-state index contributed by atoms with van der Waals surface area (Å²) < 4.78 is 0. The third-order valence-electron chi connectivity index (χ3n) is 1.62. The molecule has 0 radical (unpaired) electrons. The van der Waals surface area contributed by atoms with E-state index in [0.29, 0.717) is 12.2 Å². The monoisotopic (exact) mass is 227 g/mol. The zero-order valence-corrected chi connectivity index (χ0v) is 8.52. The first-order chi connectivity index (χ1) is 7.25. The van der Waals surface area contributed by atoms with Gasteiger partial charge in [0.2, 0.25) is 0 Å². The van der Waals surface area contributed by atoms with Gasteiger partial charge in [0.1, 0.15) is 6.04 Å². The van der Waals surface area contributed by atoms with Crippen molar-refractivity contribution >= 4 is 17.3 Å². The van der Waals surface area contributed by atoms with Gasteiger partial charge in [0, 0.05) is 23.4 Å². The van der Waals surface area contributed by atoms with Gasteiger partial charge in [-0.15, -0.1) is 11.3 Å². The van der Waals surface area contributed by atoms with Gasteiger partial charge in [-0.1, -0.05) is 5.11 Å². The van der Waals surface area contributed by atoms with Gasteiger partial charge in [-0.2, -0.15) is 0 Å². The molecule has 0 aromatic carbocycles. The Balaban J connectivity index is 2.52. The molecule has 1 heterocycles. The molecule has 0 amide bonds. The summed E-state index contributed by atoms with van der Waals surface area (Å²) in [5.74, 6) is -0.998. The summed E-state index contributed by atoms with van der Waals surface area (Å²) in [7, 11) is 0. The maximum atomic E-state index is 10.9. The molecular formula is C7H9N5O2S.